The Bertz CT molecular complexity index is 661. The molecule has 0 aliphatic heterocycles. The summed E-state index contributed by atoms with van der Waals surface area (Å²) in [6, 6.07) is 9.02. The molecular formula is C14H11BrFNO3. The predicted octanol–water partition coefficient (Wildman–Crippen LogP) is 4.73. The van der Waals surface area contributed by atoms with Crippen LogP contribution >= 0.6 is 15.9 Å². The molecule has 0 radical (unpaired) electrons. The van der Waals surface area contributed by atoms with Crippen molar-refractivity contribution in [2.75, 3.05) is 0 Å². The van der Waals surface area contributed by atoms with Gasteiger partial charge in [0.15, 0.2) is 0 Å². The Balaban J connectivity index is 2.45. The van der Waals surface area contributed by atoms with Gasteiger partial charge in [-0.3, -0.25) is 10.1 Å². The summed E-state index contributed by atoms with van der Waals surface area (Å²) in [6.07, 6.45) is 0. The fourth-order valence-corrected chi connectivity index (χ4v) is 2.28. The van der Waals surface area contributed by atoms with Gasteiger partial charge in [0, 0.05) is 17.0 Å². The largest absolute Gasteiger partial charge is 0.450 e. The number of hydrogen-bond donors (Lipinski definition) is 0. The van der Waals surface area contributed by atoms with Crippen LogP contribution in [-0.2, 0) is 5.33 Å². The number of aryl methyl sites for hydroxylation is 1. The first-order valence-corrected chi connectivity index (χ1v) is 6.91. The van der Waals surface area contributed by atoms with Crippen LogP contribution in [0.25, 0.3) is 0 Å². The van der Waals surface area contributed by atoms with Crippen molar-refractivity contribution in [1.29, 1.82) is 0 Å². The highest BCUT2D eigenvalue weighted by atomic mass is 79.9. The molecule has 0 heterocycles. The Morgan fingerprint density at radius 2 is 2.05 bits per heavy atom. The Kier molecular flexibility index (Phi) is 4.34. The maximum Gasteiger partial charge on any atom is 0.311 e. The summed E-state index contributed by atoms with van der Waals surface area (Å²) in [5.41, 5.74) is 0.932. The van der Waals surface area contributed by atoms with E-state index in [0.717, 1.165) is 5.56 Å². The van der Waals surface area contributed by atoms with Crippen LogP contribution < -0.4 is 4.74 Å². The van der Waals surface area contributed by atoms with E-state index >= 15 is 0 Å². The lowest BCUT2D eigenvalue weighted by Crippen LogP contribution is -1.97. The summed E-state index contributed by atoms with van der Waals surface area (Å²) < 4.78 is 19.1. The molecule has 0 bridgehead atoms. The Labute approximate surface area is 123 Å². The lowest BCUT2D eigenvalue weighted by molar-refractivity contribution is -0.385. The molecule has 2 rings (SSSR count). The maximum atomic E-state index is 13.6. The predicted molar refractivity (Wildman–Crippen MR) is 76.9 cm³/mol. The normalized spacial score (nSPS) is 10.3. The molecule has 0 amide bonds. The first-order valence-electron chi connectivity index (χ1n) is 5.79. The summed E-state index contributed by atoms with van der Waals surface area (Å²) in [4.78, 5) is 10.5. The number of nitro groups is 1. The molecule has 0 fully saturated rings. The molecular weight excluding hydrogens is 329 g/mol. The lowest BCUT2D eigenvalue weighted by atomic mass is 10.2. The highest BCUT2D eigenvalue weighted by molar-refractivity contribution is 9.08. The summed E-state index contributed by atoms with van der Waals surface area (Å²) >= 11 is 3.18. The van der Waals surface area contributed by atoms with Gasteiger partial charge in [0.1, 0.15) is 11.6 Å². The zero-order valence-corrected chi connectivity index (χ0v) is 12.2. The molecule has 0 atom stereocenters. The number of nitro benzene ring substituents is 1. The van der Waals surface area contributed by atoms with Crippen molar-refractivity contribution in [1.82, 2.24) is 0 Å². The van der Waals surface area contributed by atoms with E-state index in [2.05, 4.69) is 15.9 Å². The molecule has 2 aromatic rings. The van der Waals surface area contributed by atoms with E-state index < -0.39 is 10.7 Å². The maximum absolute atomic E-state index is 13.6. The number of nitrogens with zero attached hydrogens (tertiary/aromatic N) is 1. The molecule has 0 unspecified atom stereocenters. The molecule has 104 valence electrons. The summed E-state index contributed by atoms with van der Waals surface area (Å²) in [5.74, 6) is -0.0728. The van der Waals surface area contributed by atoms with E-state index in [-0.39, 0.29) is 22.5 Å². The molecule has 0 aliphatic carbocycles. The standard InChI is InChI=1S/C14H11BrFNO3/c1-9-5-6-14(12(7-9)17(18)19)20-13-4-2-3-11(16)10(13)8-15/h2-7H,8H2,1H3. The minimum Gasteiger partial charge on any atom is -0.450 e. The van der Waals surface area contributed by atoms with E-state index in [9.17, 15) is 14.5 Å². The first kappa shape index (κ1) is 14.5. The van der Waals surface area contributed by atoms with Crippen LogP contribution in [0.1, 0.15) is 11.1 Å². The highest BCUT2D eigenvalue weighted by Gasteiger charge is 2.18. The van der Waals surface area contributed by atoms with Crippen molar-refractivity contribution >= 4 is 21.6 Å². The van der Waals surface area contributed by atoms with Crippen molar-refractivity contribution in [3.8, 4) is 11.5 Å². The van der Waals surface area contributed by atoms with Gasteiger partial charge in [-0.1, -0.05) is 28.1 Å². The fraction of sp³-hybridized carbons (Fsp3) is 0.143. The number of benzene rings is 2. The Hall–Kier alpha value is -1.95. The van der Waals surface area contributed by atoms with Crippen molar-refractivity contribution in [3.05, 3.63) is 63.5 Å². The monoisotopic (exact) mass is 339 g/mol. The van der Waals surface area contributed by atoms with Crippen LogP contribution in [0.3, 0.4) is 0 Å². The van der Waals surface area contributed by atoms with Gasteiger partial charge in [-0.2, -0.15) is 0 Å². The number of rotatable bonds is 4. The minimum atomic E-state index is -0.518. The van der Waals surface area contributed by atoms with Crippen molar-refractivity contribution in [2.45, 2.75) is 12.3 Å². The second kappa shape index (κ2) is 6.00. The van der Waals surface area contributed by atoms with Gasteiger partial charge in [-0.15, -0.1) is 0 Å². The molecule has 0 aliphatic rings. The number of ether oxygens (including phenoxy) is 1. The highest BCUT2D eigenvalue weighted by Crippen LogP contribution is 2.34. The zero-order valence-electron chi connectivity index (χ0n) is 10.6. The molecule has 2 aromatic carbocycles. The van der Waals surface area contributed by atoms with Crippen LogP contribution in [0.2, 0.25) is 0 Å². The molecule has 0 saturated carbocycles. The quantitative estimate of drug-likeness (QED) is 0.459. The molecule has 0 N–H and O–H groups in total. The summed E-state index contributed by atoms with van der Waals surface area (Å²) in [7, 11) is 0. The molecule has 20 heavy (non-hydrogen) atoms. The SMILES string of the molecule is Cc1ccc(Oc2cccc(F)c2CBr)c([N+](=O)[O-])c1. The van der Waals surface area contributed by atoms with Gasteiger partial charge in [0.2, 0.25) is 5.75 Å². The molecule has 4 nitrogen and oxygen atoms in total. The number of hydrogen-bond acceptors (Lipinski definition) is 3. The van der Waals surface area contributed by atoms with Gasteiger partial charge >= 0.3 is 5.69 Å². The first-order chi connectivity index (χ1) is 9.52. The topological polar surface area (TPSA) is 52.4 Å². The van der Waals surface area contributed by atoms with Crippen LogP contribution in [0, 0.1) is 22.9 Å². The average Bonchev–Trinajstić information content (AvgIpc) is 2.41. The third-order valence-electron chi connectivity index (χ3n) is 2.74. The van der Waals surface area contributed by atoms with E-state index in [1.165, 1.54) is 24.3 Å². The number of halogens is 2. The van der Waals surface area contributed by atoms with Crippen LogP contribution in [0.15, 0.2) is 36.4 Å². The van der Waals surface area contributed by atoms with Gasteiger partial charge in [0.25, 0.3) is 0 Å². The Morgan fingerprint density at radius 3 is 2.70 bits per heavy atom. The molecule has 0 spiro atoms. The van der Waals surface area contributed by atoms with Gasteiger partial charge in [-0.25, -0.2) is 4.39 Å². The number of alkyl halides is 1. The van der Waals surface area contributed by atoms with Crippen molar-refractivity contribution in [3.63, 3.8) is 0 Å². The second-order valence-electron chi connectivity index (χ2n) is 4.18. The zero-order chi connectivity index (χ0) is 14.7. The van der Waals surface area contributed by atoms with Gasteiger partial charge in [0.05, 0.1) is 4.92 Å². The minimum absolute atomic E-state index is 0.0911. The van der Waals surface area contributed by atoms with Crippen LogP contribution in [0.4, 0.5) is 10.1 Å². The van der Waals surface area contributed by atoms with Crippen molar-refractivity contribution in [2.24, 2.45) is 0 Å². The van der Waals surface area contributed by atoms with Crippen LogP contribution in [0.5, 0.6) is 11.5 Å². The summed E-state index contributed by atoms with van der Waals surface area (Å²) in [6.45, 7) is 1.75. The molecule has 0 saturated heterocycles. The third kappa shape index (κ3) is 2.96. The smallest absolute Gasteiger partial charge is 0.311 e. The average molecular weight is 340 g/mol. The lowest BCUT2D eigenvalue weighted by Gasteiger charge is -2.10. The van der Waals surface area contributed by atoms with Gasteiger partial charge < -0.3 is 4.74 Å². The summed E-state index contributed by atoms with van der Waals surface area (Å²) in [5, 5.41) is 11.3. The van der Waals surface area contributed by atoms with Gasteiger partial charge in [-0.05, 0) is 30.7 Å². The molecule has 0 aromatic heterocycles. The van der Waals surface area contributed by atoms with Crippen molar-refractivity contribution < 1.29 is 14.1 Å². The van der Waals surface area contributed by atoms with E-state index in [1.54, 1.807) is 19.1 Å². The third-order valence-corrected chi connectivity index (χ3v) is 3.30. The fourth-order valence-electron chi connectivity index (χ4n) is 1.74. The second-order valence-corrected chi connectivity index (χ2v) is 4.74. The van der Waals surface area contributed by atoms with E-state index in [4.69, 9.17) is 4.74 Å². The Morgan fingerprint density at radius 1 is 1.30 bits per heavy atom. The van der Waals surface area contributed by atoms with Crippen LogP contribution in [-0.4, -0.2) is 4.92 Å². The molecule has 6 heteroatoms. The van der Waals surface area contributed by atoms with E-state index in [0.29, 0.717) is 5.56 Å². The van der Waals surface area contributed by atoms with E-state index in [1.807, 2.05) is 0 Å².